The summed E-state index contributed by atoms with van der Waals surface area (Å²) < 4.78 is 37.7. The lowest BCUT2D eigenvalue weighted by Crippen LogP contribution is -2.67. The number of carbonyl (C=O) groups excluding carboxylic acids is 1. The van der Waals surface area contributed by atoms with Gasteiger partial charge in [0, 0.05) is 37.9 Å². The quantitative estimate of drug-likeness (QED) is 0.172. The van der Waals surface area contributed by atoms with Crippen molar-refractivity contribution < 1.29 is 32.1 Å². The van der Waals surface area contributed by atoms with E-state index < -0.39 is 27.4 Å². The van der Waals surface area contributed by atoms with E-state index in [4.69, 9.17) is 4.74 Å². The minimum atomic E-state index is -3.96. The van der Waals surface area contributed by atoms with E-state index in [0.717, 1.165) is 68.9 Å². The number of benzene rings is 2. The van der Waals surface area contributed by atoms with Gasteiger partial charge in [-0.1, -0.05) is 93.3 Å². The van der Waals surface area contributed by atoms with Crippen LogP contribution >= 0.6 is 0 Å². The Kier molecular flexibility index (Phi) is 10.1. The second-order valence-electron chi connectivity index (χ2n) is 11.7. The third kappa shape index (κ3) is 6.46. The molecule has 2 atom stereocenters. The molecule has 7 nitrogen and oxygen atoms in total. The molecule has 2 bridgehead atoms. The number of quaternary nitrogens is 1. The van der Waals surface area contributed by atoms with Crippen LogP contribution in [0.15, 0.2) is 60.7 Å². The Labute approximate surface area is 239 Å². The zero-order valence-corrected chi connectivity index (χ0v) is 24.6. The number of aliphatic hydroxyl groups is 1. The highest BCUT2D eigenvalue weighted by Gasteiger charge is 2.66. The molecule has 1 spiro atoms. The van der Waals surface area contributed by atoms with Crippen LogP contribution in [-0.4, -0.2) is 59.1 Å². The van der Waals surface area contributed by atoms with E-state index in [1.807, 2.05) is 60.7 Å². The smallest absolute Gasteiger partial charge is 0.352 e. The van der Waals surface area contributed by atoms with Crippen molar-refractivity contribution in [3.05, 3.63) is 71.8 Å². The van der Waals surface area contributed by atoms with E-state index in [2.05, 4.69) is 6.92 Å². The van der Waals surface area contributed by atoms with Crippen molar-refractivity contribution in [3.63, 3.8) is 0 Å². The predicted octanol–water partition coefficient (Wildman–Crippen LogP) is 5.62. The van der Waals surface area contributed by atoms with Crippen LogP contribution in [0.25, 0.3) is 0 Å². The van der Waals surface area contributed by atoms with Crippen molar-refractivity contribution in [2.75, 3.05) is 18.8 Å². The Morgan fingerprint density at radius 2 is 1.50 bits per heavy atom. The molecule has 2 unspecified atom stereocenters. The van der Waals surface area contributed by atoms with Gasteiger partial charge in [-0.15, -0.1) is 0 Å². The first kappa shape index (κ1) is 30.7. The van der Waals surface area contributed by atoms with Crippen LogP contribution in [0.1, 0.15) is 95.1 Å². The molecule has 3 aliphatic rings. The first-order chi connectivity index (χ1) is 19.2. The standard InChI is InChI=1S/C25H30NO3.C7H16O3S/c27-23(25(28,20-10-3-1-4-11-20)21-12-5-2-6-13-21)29-24-16-9-14-22(15-17-24)26(24)18-7-8-19-26;1-2-3-4-5-6-7-11(8,9)10/h1-6,10-13,22,28H,7-9,14-19H2;2-7H2,1H3,(H,8,9,10)/q+1;/p-1. The molecule has 5 rings (SSSR count). The Bertz CT molecular complexity index is 1150. The number of rotatable bonds is 10. The van der Waals surface area contributed by atoms with Gasteiger partial charge >= 0.3 is 5.97 Å². The Morgan fingerprint density at radius 3 is 2.05 bits per heavy atom. The second kappa shape index (κ2) is 13.1. The molecule has 1 N–H and O–H groups in total. The van der Waals surface area contributed by atoms with Crippen LogP contribution in [0.2, 0.25) is 0 Å². The molecule has 8 heteroatoms. The predicted molar refractivity (Wildman–Crippen MR) is 154 cm³/mol. The fourth-order valence-electron chi connectivity index (χ4n) is 7.30. The fourth-order valence-corrected chi connectivity index (χ4v) is 7.86. The van der Waals surface area contributed by atoms with Gasteiger partial charge in [0.25, 0.3) is 0 Å². The summed E-state index contributed by atoms with van der Waals surface area (Å²) in [6, 6.07) is 19.1. The molecule has 3 aliphatic heterocycles. The summed E-state index contributed by atoms with van der Waals surface area (Å²) in [7, 11) is -3.96. The lowest BCUT2D eigenvalue weighted by molar-refractivity contribution is -0.999. The van der Waals surface area contributed by atoms with E-state index in [-0.39, 0.29) is 5.75 Å². The fraction of sp³-hybridized carbons (Fsp3) is 0.594. The Morgan fingerprint density at radius 1 is 0.925 bits per heavy atom. The van der Waals surface area contributed by atoms with Crippen molar-refractivity contribution >= 4 is 16.1 Å². The Hall–Kier alpha value is -2.26. The topological polar surface area (TPSA) is 104 Å². The maximum atomic E-state index is 13.8. The molecule has 220 valence electrons. The third-order valence-corrected chi connectivity index (χ3v) is 10.1. The number of hydrogen-bond donors (Lipinski definition) is 1. The number of hydrogen-bond acceptors (Lipinski definition) is 6. The number of piperidine rings is 1. The molecule has 0 saturated carbocycles. The van der Waals surface area contributed by atoms with Gasteiger partial charge in [0.05, 0.1) is 29.2 Å². The lowest BCUT2D eigenvalue weighted by atomic mass is 9.86. The van der Waals surface area contributed by atoms with E-state index in [1.165, 1.54) is 19.3 Å². The van der Waals surface area contributed by atoms with Crippen LogP contribution in [-0.2, 0) is 25.3 Å². The molecule has 2 aromatic carbocycles. The van der Waals surface area contributed by atoms with Gasteiger partial charge in [-0.2, -0.15) is 0 Å². The maximum absolute atomic E-state index is 13.8. The first-order valence-corrected chi connectivity index (χ1v) is 16.6. The molecular formula is C32H45NO6S. The highest BCUT2D eigenvalue weighted by Crippen LogP contribution is 2.54. The maximum Gasteiger partial charge on any atom is 0.352 e. The number of unbranched alkanes of at least 4 members (excludes halogenated alkanes) is 4. The third-order valence-electron chi connectivity index (χ3n) is 9.31. The van der Waals surface area contributed by atoms with Gasteiger partial charge in [-0.25, -0.2) is 13.2 Å². The van der Waals surface area contributed by atoms with E-state index in [0.29, 0.717) is 23.6 Å². The minimum Gasteiger partial charge on any atom is -0.748 e. The van der Waals surface area contributed by atoms with E-state index in [1.54, 1.807) is 0 Å². The van der Waals surface area contributed by atoms with Crippen LogP contribution < -0.4 is 0 Å². The molecule has 3 heterocycles. The monoisotopic (exact) mass is 571 g/mol. The zero-order valence-electron chi connectivity index (χ0n) is 23.8. The molecule has 3 fully saturated rings. The first-order valence-electron chi connectivity index (χ1n) is 15.0. The molecule has 3 saturated heterocycles. The molecule has 0 radical (unpaired) electrons. The van der Waals surface area contributed by atoms with Crippen LogP contribution in [0.5, 0.6) is 0 Å². The van der Waals surface area contributed by atoms with Gasteiger partial charge in [-0.05, 0) is 30.4 Å². The normalized spacial score (nSPS) is 23.4. The summed E-state index contributed by atoms with van der Waals surface area (Å²) in [6.45, 7) is 4.30. The molecule has 40 heavy (non-hydrogen) atoms. The average molecular weight is 572 g/mol. The highest BCUT2D eigenvalue weighted by molar-refractivity contribution is 7.85. The molecule has 0 aliphatic carbocycles. The lowest BCUT2D eigenvalue weighted by Gasteiger charge is -2.51. The molecule has 2 aromatic rings. The summed E-state index contributed by atoms with van der Waals surface area (Å²) in [5, 5.41) is 11.8. The van der Waals surface area contributed by atoms with Crippen LogP contribution in [0, 0.1) is 0 Å². The van der Waals surface area contributed by atoms with E-state index in [9.17, 15) is 22.9 Å². The summed E-state index contributed by atoms with van der Waals surface area (Å²) in [5.74, 6) is -0.724. The summed E-state index contributed by atoms with van der Waals surface area (Å²) in [6.07, 6.45) is 12.4. The van der Waals surface area contributed by atoms with Gasteiger partial charge < -0.3 is 14.4 Å². The Balaban J connectivity index is 0.000000288. The second-order valence-corrected chi connectivity index (χ2v) is 13.3. The number of carbonyl (C=O) groups is 1. The average Bonchev–Trinajstić information content (AvgIpc) is 3.48. The van der Waals surface area contributed by atoms with Crippen molar-refractivity contribution in [2.24, 2.45) is 0 Å². The van der Waals surface area contributed by atoms with Gasteiger partial charge in [0.15, 0.2) is 0 Å². The van der Waals surface area contributed by atoms with Crippen LogP contribution in [0.4, 0.5) is 0 Å². The SMILES string of the molecule is CCCCCCCS(=O)(=O)[O-].O=C(OC12CCCC(CC1)[N+]21CCCC1)C(O)(c1ccccc1)c1ccccc1. The summed E-state index contributed by atoms with van der Waals surface area (Å²) in [4.78, 5) is 13.8. The van der Waals surface area contributed by atoms with Crippen molar-refractivity contribution in [1.29, 1.82) is 0 Å². The largest absolute Gasteiger partial charge is 0.748 e. The highest BCUT2D eigenvalue weighted by atomic mass is 32.2. The molecule has 0 amide bonds. The van der Waals surface area contributed by atoms with Crippen molar-refractivity contribution in [3.8, 4) is 0 Å². The van der Waals surface area contributed by atoms with Crippen LogP contribution in [0.3, 0.4) is 0 Å². The number of esters is 1. The molecule has 0 aromatic heterocycles. The van der Waals surface area contributed by atoms with Gasteiger partial charge in [0.1, 0.15) is 0 Å². The minimum absolute atomic E-state index is 0.198. The summed E-state index contributed by atoms with van der Waals surface area (Å²) >= 11 is 0. The summed E-state index contributed by atoms with van der Waals surface area (Å²) in [5.41, 5.74) is -1.14. The molecular weight excluding hydrogens is 526 g/mol. The van der Waals surface area contributed by atoms with Crippen molar-refractivity contribution in [2.45, 2.75) is 101 Å². The van der Waals surface area contributed by atoms with E-state index >= 15 is 0 Å². The number of ether oxygens (including phenoxy) is 1. The zero-order chi connectivity index (χ0) is 28.7. The van der Waals surface area contributed by atoms with Gasteiger partial charge in [0.2, 0.25) is 11.3 Å². The van der Waals surface area contributed by atoms with Crippen molar-refractivity contribution in [1.82, 2.24) is 0 Å². The van der Waals surface area contributed by atoms with Gasteiger partial charge in [-0.3, -0.25) is 4.48 Å². The number of nitrogens with zero attached hydrogens (tertiary/aromatic N) is 1.